The Balaban J connectivity index is 1.64. The minimum Gasteiger partial charge on any atom is -0.425 e. The zero-order valence-corrected chi connectivity index (χ0v) is 16.2. The molecule has 16 heteroatoms. The van der Waals surface area contributed by atoms with E-state index in [1.165, 1.54) is 23.0 Å². The van der Waals surface area contributed by atoms with Crippen LogP contribution >= 0.6 is 0 Å². The summed E-state index contributed by atoms with van der Waals surface area (Å²) in [5.74, 6) is -3.64. The van der Waals surface area contributed by atoms with Crippen molar-refractivity contribution >= 4 is 17.5 Å². The number of aromatic nitrogens is 5. The molecular formula is C17H13F5N6O5. The molecule has 4 rings (SSSR count). The van der Waals surface area contributed by atoms with Crippen molar-refractivity contribution in [1.82, 2.24) is 24.6 Å². The zero-order chi connectivity index (χ0) is 24.0. The standard InChI is InChI=1S/C17H13F5N6O5/c18-16(19)6-27(5-11(16)33-15(31)32-7-17(20,21)22)10-3-9(26-28-2-1-23-12(10)28)8-4-24-14(30)25-13(8)29/h1-4,11H,5-7H2,(H2,24,25,29,30)/t11-/m0/s1. The molecule has 33 heavy (non-hydrogen) atoms. The van der Waals surface area contributed by atoms with Crippen LogP contribution in [0.2, 0.25) is 0 Å². The third-order valence-electron chi connectivity index (χ3n) is 4.63. The number of ether oxygens (including phenoxy) is 2. The summed E-state index contributed by atoms with van der Waals surface area (Å²) in [7, 11) is 0. The number of hydrogen-bond donors (Lipinski definition) is 2. The second-order valence-electron chi connectivity index (χ2n) is 7.00. The Morgan fingerprint density at radius 3 is 2.76 bits per heavy atom. The second-order valence-corrected chi connectivity index (χ2v) is 7.00. The van der Waals surface area contributed by atoms with Gasteiger partial charge in [0.1, 0.15) is 5.69 Å². The minimum absolute atomic E-state index is 0.00488. The first kappa shape index (κ1) is 22.2. The van der Waals surface area contributed by atoms with E-state index >= 15 is 0 Å². The molecule has 3 aromatic rings. The van der Waals surface area contributed by atoms with Gasteiger partial charge in [0.25, 0.3) is 5.56 Å². The number of fused-ring (bicyclic) bond motifs is 1. The molecule has 0 amide bonds. The number of anilines is 1. The van der Waals surface area contributed by atoms with Crippen LogP contribution in [0.3, 0.4) is 0 Å². The lowest BCUT2D eigenvalue weighted by atomic mass is 10.2. The van der Waals surface area contributed by atoms with Crippen molar-refractivity contribution < 1.29 is 36.2 Å². The topological polar surface area (TPSA) is 135 Å². The van der Waals surface area contributed by atoms with E-state index in [0.717, 1.165) is 11.1 Å². The molecule has 0 aromatic carbocycles. The van der Waals surface area contributed by atoms with Crippen molar-refractivity contribution in [3.8, 4) is 11.3 Å². The van der Waals surface area contributed by atoms with Crippen molar-refractivity contribution in [3.63, 3.8) is 0 Å². The molecule has 1 atom stereocenters. The number of aromatic amines is 2. The summed E-state index contributed by atoms with van der Waals surface area (Å²) in [4.78, 5) is 44.3. The van der Waals surface area contributed by atoms with Gasteiger partial charge in [-0.3, -0.25) is 9.78 Å². The van der Waals surface area contributed by atoms with Gasteiger partial charge in [0.15, 0.2) is 18.4 Å². The number of hydrogen-bond acceptors (Lipinski definition) is 8. The fraction of sp³-hybridized carbons (Fsp3) is 0.353. The normalized spacial score (nSPS) is 18.0. The average Bonchev–Trinajstić information content (AvgIpc) is 3.29. The van der Waals surface area contributed by atoms with Gasteiger partial charge < -0.3 is 19.4 Å². The maximum Gasteiger partial charge on any atom is 0.509 e. The number of imidazole rings is 1. The molecule has 176 valence electrons. The molecule has 4 heterocycles. The van der Waals surface area contributed by atoms with E-state index < -0.39 is 55.3 Å². The lowest BCUT2D eigenvalue weighted by molar-refractivity contribution is -0.171. The predicted molar refractivity (Wildman–Crippen MR) is 99.1 cm³/mol. The SMILES string of the molecule is O=C(OCC(F)(F)F)O[C@H]1CN(c2cc(-c3c[nH]c(=O)[nH]c3=O)nn3ccnc23)CC1(F)F. The van der Waals surface area contributed by atoms with Crippen molar-refractivity contribution in [2.75, 3.05) is 24.6 Å². The molecule has 0 unspecified atom stereocenters. The van der Waals surface area contributed by atoms with Gasteiger partial charge in [-0.1, -0.05) is 0 Å². The first-order valence-electron chi connectivity index (χ1n) is 9.13. The van der Waals surface area contributed by atoms with E-state index in [-0.39, 0.29) is 22.6 Å². The molecular weight excluding hydrogens is 463 g/mol. The largest absolute Gasteiger partial charge is 0.509 e. The highest BCUT2D eigenvalue weighted by molar-refractivity contribution is 5.75. The number of rotatable bonds is 4. The Morgan fingerprint density at radius 1 is 1.30 bits per heavy atom. The molecule has 0 aliphatic carbocycles. The molecule has 0 saturated carbocycles. The van der Waals surface area contributed by atoms with Crippen LogP contribution in [-0.4, -0.2) is 68.6 Å². The number of halogens is 5. The van der Waals surface area contributed by atoms with Crippen molar-refractivity contribution in [2.45, 2.75) is 18.2 Å². The minimum atomic E-state index is -4.84. The van der Waals surface area contributed by atoms with E-state index in [1.54, 1.807) is 0 Å². The monoisotopic (exact) mass is 476 g/mol. The predicted octanol–water partition coefficient (Wildman–Crippen LogP) is 1.31. The fourth-order valence-electron chi connectivity index (χ4n) is 3.22. The van der Waals surface area contributed by atoms with Crippen LogP contribution in [0, 0.1) is 0 Å². The van der Waals surface area contributed by atoms with Gasteiger partial charge in [-0.25, -0.2) is 27.9 Å². The van der Waals surface area contributed by atoms with Gasteiger partial charge >= 0.3 is 23.9 Å². The Hall–Kier alpha value is -3.98. The maximum absolute atomic E-state index is 14.5. The number of H-pyrrole nitrogens is 2. The van der Waals surface area contributed by atoms with Gasteiger partial charge in [0, 0.05) is 18.6 Å². The van der Waals surface area contributed by atoms with Crippen LogP contribution in [0.5, 0.6) is 0 Å². The first-order chi connectivity index (χ1) is 15.4. The van der Waals surface area contributed by atoms with E-state index in [4.69, 9.17) is 0 Å². The van der Waals surface area contributed by atoms with Gasteiger partial charge in [-0.15, -0.1) is 0 Å². The highest BCUT2D eigenvalue weighted by atomic mass is 19.4. The van der Waals surface area contributed by atoms with Crippen LogP contribution in [0.1, 0.15) is 0 Å². The summed E-state index contributed by atoms with van der Waals surface area (Å²) in [6, 6.07) is 1.27. The summed E-state index contributed by atoms with van der Waals surface area (Å²) < 4.78 is 75.0. The highest BCUT2D eigenvalue weighted by Crippen LogP contribution is 2.36. The maximum atomic E-state index is 14.5. The summed E-state index contributed by atoms with van der Waals surface area (Å²) in [6.07, 6.45) is -5.04. The van der Waals surface area contributed by atoms with Crippen LogP contribution in [-0.2, 0) is 9.47 Å². The van der Waals surface area contributed by atoms with E-state index in [2.05, 4.69) is 24.5 Å². The molecule has 1 saturated heterocycles. The number of nitrogens with zero attached hydrogens (tertiary/aromatic N) is 4. The quantitative estimate of drug-likeness (QED) is 0.425. The van der Waals surface area contributed by atoms with Crippen LogP contribution in [0.15, 0.2) is 34.2 Å². The molecule has 0 spiro atoms. The van der Waals surface area contributed by atoms with Crippen molar-refractivity contribution in [1.29, 1.82) is 0 Å². The Labute approximate surface area is 178 Å². The fourth-order valence-corrected chi connectivity index (χ4v) is 3.22. The molecule has 1 fully saturated rings. The van der Waals surface area contributed by atoms with Crippen LogP contribution in [0.25, 0.3) is 16.9 Å². The van der Waals surface area contributed by atoms with Gasteiger partial charge in [-0.05, 0) is 6.07 Å². The lowest BCUT2D eigenvalue weighted by Gasteiger charge is -2.19. The molecule has 0 radical (unpaired) electrons. The summed E-state index contributed by atoms with van der Waals surface area (Å²) in [5.41, 5.74) is -1.41. The smallest absolute Gasteiger partial charge is 0.425 e. The first-order valence-corrected chi connectivity index (χ1v) is 9.13. The Bertz CT molecular complexity index is 1320. The zero-order valence-electron chi connectivity index (χ0n) is 16.2. The third kappa shape index (κ3) is 4.63. The van der Waals surface area contributed by atoms with Gasteiger partial charge in [-0.2, -0.15) is 18.3 Å². The van der Waals surface area contributed by atoms with E-state index in [1.807, 2.05) is 4.98 Å². The lowest BCUT2D eigenvalue weighted by Crippen LogP contribution is -2.36. The van der Waals surface area contributed by atoms with Gasteiger partial charge in [0.2, 0.25) is 0 Å². The molecule has 3 aromatic heterocycles. The summed E-state index contributed by atoms with van der Waals surface area (Å²) in [6.45, 7) is -3.57. The molecule has 11 nitrogen and oxygen atoms in total. The number of carbonyl (C=O) groups excluding carboxylic acids is 1. The Morgan fingerprint density at radius 2 is 2.06 bits per heavy atom. The van der Waals surface area contributed by atoms with Crippen LogP contribution < -0.4 is 16.1 Å². The third-order valence-corrected chi connectivity index (χ3v) is 4.63. The van der Waals surface area contributed by atoms with Crippen LogP contribution in [0.4, 0.5) is 32.4 Å². The number of carbonyl (C=O) groups is 1. The summed E-state index contributed by atoms with van der Waals surface area (Å²) >= 11 is 0. The van der Waals surface area contributed by atoms with E-state index in [9.17, 15) is 36.3 Å². The average molecular weight is 476 g/mol. The molecule has 0 bridgehead atoms. The van der Waals surface area contributed by atoms with Crippen molar-refractivity contribution in [3.05, 3.63) is 45.5 Å². The van der Waals surface area contributed by atoms with E-state index in [0.29, 0.717) is 0 Å². The highest BCUT2D eigenvalue weighted by Gasteiger charge is 2.52. The van der Waals surface area contributed by atoms with Crippen molar-refractivity contribution in [2.24, 2.45) is 0 Å². The van der Waals surface area contributed by atoms with Gasteiger partial charge in [0.05, 0.1) is 24.3 Å². The molecule has 1 aliphatic rings. The second kappa shape index (κ2) is 7.86. The summed E-state index contributed by atoms with van der Waals surface area (Å²) in [5, 5.41) is 4.17. The molecule has 2 N–H and O–H groups in total. The Kier molecular flexibility index (Phi) is 5.29. The number of alkyl halides is 5. The molecule has 1 aliphatic heterocycles. The number of nitrogens with one attached hydrogen (secondary N) is 2.